The highest BCUT2D eigenvalue weighted by molar-refractivity contribution is 4.84. The first-order valence-electron chi connectivity index (χ1n) is 7.56. The molecule has 2 heteroatoms. The highest BCUT2D eigenvalue weighted by Gasteiger charge is 2.29. The molecule has 1 aliphatic rings. The van der Waals surface area contributed by atoms with E-state index in [0.717, 1.165) is 12.5 Å². The van der Waals surface area contributed by atoms with Gasteiger partial charge in [0.25, 0.3) is 0 Å². The van der Waals surface area contributed by atoms with Crippen LogP contribution in [0.25, 0.3) is 0 Å². The summed E-state index contributed by atoms with van der Waals surface area (Å²) < 4.78 is 0. The largest absolute Gasteiger partial charge is 0.316 e. The van der Waals surface area contributed by atoms with E-state index >= 15 is 0 Å². The maximum atomic E-state index is 3.55. The van der Waals surface area contributed by atoms with Gasteiger partial charge in [-0.3, -0.25) is 0 Å². The molecule has 0 aromatic carbocycles. The zero-order chi connectivity index (χ0) is 12.7. The van der Waals surface area contributed by atoms with Crippen molar-refractivity contribution < 1.29 is 0 Å². The molecule has 0 spiro atoms. The fourth-order valence-electron chi connectivity index (χ4n) is 3.18. The third-order valence-electron chi connectivity index (χ3n) is 4.21. The molecule has 0 bridgehead atoms. The van der Waals surface area contributed by atoms with E-state index < -0.39 is 0 Å². The smallest absolute Gasteiger partial charge is 0.00476 e. The molecular formula is C15H32N2. The second-order valence-electron chi connectivity index (χ2n) is 6.14. The van der Waals surface area contributed by atoms with Gasteiger partial charge in [0, 0.05) is 19.6 Å². The minimum absolute atomic E-state index is 0.466. The van der Waals surface area contributed by atoms with E-state index in [9.17, 15) is 0 Å². The van der Waals surface area contributed by atoms with Crippen molar-refractivity contribution in [2.75, 3.05) is 32.7 Å². The molecule has 2 unspecified atom stereocenters. The molecule has 2 nitrogen and oxygen atoms in total. The summed E-state index contributed by atoms with van der Waals surface area (Å²) in [5, 5.41) is 3.55. The molecule has 1 saturated heterocycles. The fourth-order valence-corrected chi connectivity index (χ4v) is 3.18. The SMILES string of the molecule is CCCC(C)(CNCC)CN1CCC(CC)C1. The predicted octanol–water partition coefficient (Wildman–Crippen LogP) is 3.13. The molecule has 1 aliphatic heterocycles. The molecular weight excluding hydrogens is 208 g/mol. The summed E-state index contributed by atoms with van der Waals surface area (Å²) >= 11 is 0. The number of likely N-dealkylation sites (tertiary alicyclic amines) is 1. The topological polar surface area (TPSA) is 15.3 Å². The van der Waals surface area contributed by atoms with Gasteiger partial charge in [0.1, 0.15) is 0 Å². The monoisotopic (exact) mass is 240 g/mol. The molecule has 2 atom stereocenters. The Kier molecular flexibility index (Phi) is 6.50. The Balaban J connectivity index is 2.42. The number of hydrogen-bond acceptors (Lipinski definition) is 2. The summed E-state index contributed by atoms with van der Waals surface area (Å²) in [5.74, 6) is 0.958. The van der Waals surface area contributed by atoms with Crippen molar-refractivity contribution in [2.24, 2.45) is 11.3 Å². The second-order valence-corrected chi connectivity index (χ2v) is 6.14. The van der Waals surface area contributed by atoms with Crippen molar-refractivity contribution in [3.63, 3.8) is 0 Å². The van der Waals surface area contributed by atoms with Gasteiger partial charge in [-0.2, -0.15) is 0 Å². The molecule has 0 aromatic heterocycles. The minimum atomic E-state index is 0.466. The molecule has 0 radical (unpaired) electrons. The van der Waals surface area contributed by atoms with Crippen LogP contribution in [0.15, 0.2) is 0 Å². The summed E-state index contributed by atoms with van der Waals surface area (Å²) in [7, 11) is 0. The molecule has 0 saturated carbocycles. The van der Waals surface area contributed by atoms with Crippen molar-refractivity contribution in [1.82, 2.24) is 10.2 Å². The van der Waals surface area contributed by atoms with Crippen LogP contribution in [0.2, 0.25) is 0 Å². The van der Waals surface area contributed by atoms with Crippen molar-refractivity contribution in [2.45, 2.75) is 53.4 Å². The van der Waals surface area contributed by atoms with E-state index in [-0.39, 0.29) is 0 Å². The highest BCUT2D eigenvalue weighted by Crippen LogP contribution is 2.28. The summed E-state index contributed by atoms with van der Waals surface area (Å²) in [6.45, 7) is 15.5. The molecule has 1 rings (SSSR count). The first kappa shape index (κ1) is 15.0. The summed E-state index contributed by atoms with van der Waals surface area (Å²) in [6.07, 6.45) is 5.41. The van der Waals surface area contributed by atoms with Gasteiger partial charge in [-0.15, -0.1) is 0 Å². The number of nitrogens with zero attached hydrogens (tertiary/aromatic N) is 1. The third kappa shape index (κ3) is 4.97. The van der Waals surface area contributed by atoms with Crippen LogP contribution in [0.1, 0.15) is 53.4 Å². The summed E-state index contributed by atoms with van der Waals surface area (Å²) in [5.41, 5.74) is 0.466. The van der Waals surface area contributed by atoms with Crippen LogP contribution >= 0.6 is 0 Å². The van der Waals surface area contributed by atoms with Crippen LogP contribution in [0.5, 0.6) is 0 Å². The molecule has 0 aliphatic carbocycles. The fraction of sp³-hybridized carbons (Fsp3) is 1.00. The van der Waals surface area contributed by atoms with Crippen LogP contribution < -0.4 is 5.32 Å². The first-order valence-corrected chi connectivity index (χ1v) is 7.56. The van der Waals surface area contributed by atoms with Crippen molar-refractivity contribution >= 4 is 0 Å². The Morgan fingerprint density at radius 2 is 2.06 bits per heavy atom. The van der Waals surface area contributed by atoms with Crippen LogP contribution in [-0.4, -0.2) is 37.6 Å². The quantitative estimate of drug-likeness (QED) is 0.701. The lowest BCUT2D eigenvalue weighted by molar-refractivity contribution is 0.169. The summed E-state index contributed by atoms with van der Waals surface area (Å²) in [4.78, 5) is 2.70. The average Bonchev–Trinajstić information content (AvgIpc) is 2.74. The standard InChI is InChI=1S/C15H32N2/c1-5-9-15(4,12-16-7-3)13-17-10-8-14(6-2)11-17/h14,16H,5-13H2,1-4H3. The molecule has 1 heterocycles. The van der Waals surface area contributed by atoms with E-state index in [4.69, 9.17) is 0 Å². The number of rotatable bonds is 8. The molecule has 0 aromatic rings. The Hall–Kier alpha value is -0.0800. The predicted molar refractivity (Wildman–Crippen MR) is 76.4 cm³/mol. The lowest BCUT2D eigenvalue weighted by atomic mass is 9.85. The first-order chi connectivity index (χ1) is 8.13. The molecule has 102 valence electrons. The molecule has 17 heavy (non-hydrogen) atoms. The van der Waals surface area contributed by atoms with Crippen molar-refractivity contribution in [1.29, 1.82) is 0 Å². The van der Waals surface area contributed by atoms with Crippen LogP contribution in [0, 0.1) is 11.3 Å². The molecule has 0 amide bonds. The van der Waals surface area contributed by atoms with E-state index in [2.05, 4.69) is 37.9 Å². The van der Waals surface area contributed by atoms with Gasteiger partial charge in [-0.25, -0.2) is 0 Å². The van der Waals surface area contributed by atoms with Gasteiger partial charge in [-0.05, 0) is 37.3 Å². The number of nitrogens with one attached hydrogen (secondary N) is 1. The number of hydrogen-bond donors (Lipinski definition) is 1. The van der Waals surface area contributed by atoms with Gasteiger partial charge in [0.05, 0.1) is 0 Å². The van der Waals surface area contributed by atoms with Gasteiger partial charge < -0.3 is 10.2 Å². The minimum Gasteiger partial charge on any atom is -0.316 e. The van der Waals surface area contributed by atoms with Gasteiger partial charge in [0.2, 0.25) is 0 Å². The molecule has 1 fully saturated rings. The van der Waals surface area contributed by atoms with E-state index in [1.807, 2.05) is 0 Å². The average molecular weight is 240 g/mol. The Labute approximate surface area is 108 Å². The lowest BCUT2D eigenvalue weighted by Gasteiger charge is -2.34. The highest BCUT2D eigenvalue weighted by atomic mass is 15.2. The Bertz CT molecular complexity index is 205. The van der Waals surface area contributed by atoms with Crippen molar-refractivity contribution in [3.8, 4) is 0 Å². The van der Waals surface area contributed by atoms with E-state index in [1.165, 1.54) is 51.9 Å². The second kappa shape index (κ2) is 7.38. The van der Waals surface area contributed by atoms with Crippen LogP contribution in [-0.2, 0) is 0 Å². The van der Waals surface area contributed by atoms with Gasteiger partial charge >= 0.3 is 0 Å². The Morgan fingerprint density at radius 3 is 2.59 bits per heavy atom. The summed E-state index contributed by atoms with van der Waals surface area (Å²) in [6, 6.07) is 0. The molecule has 1 N–H and O–H groups in total. The third-order valence-corrected chi connectivity index (χ3v) is 4.21. The van der Waals surface area contributed by atoms with Crippen LogP contribution in [0.4, 0.5) is 0 Å². The lowest BCUT2D eigenvalue weighted by Crippen LogP contribution is -2.41. The van der Waals surface area contributed by atoms with Gasteiger partial charge in [0.15, 0.2) is 0 Å². The van der Waals surface area contributed by atoms with Crippen molar-refractivity contribution in [3.05, 3.63) is 0 Å². The van der Waals surface area contributed by atoms with E-state index in [1.54, 1.807) is 0 Å². The maximum absolute atomic E-state index is 3.55. The van der Waals surface area contributed by atoms with Gasteiger partial charge in [-0.1, -0.05) is 40.5 Å². The zero-order valence-electron chi connectivity index (χ0n) is 12.4. The Morgan fingerprint density at radius 1 is 1.29 bits per heavy atom. The maximum Gasteiger partial charge on any atom is 0.00476 e. The van der Waals surface area contributed by atoms with E-state index in [0.29, 0.717) is 5.41 Å². The normalized spacial score (nSPS) is 25.1. The zero-order valence-corrected chi connectivity index (χ0v) is 12.4. The van der Waals surface area contributed by atoms with Crippen LogP contribution in [0.3, 0.4) is 0 Å².